The largest absolute Gasteiger partial charge is 0.368 e. The number of primary amides is 1. The van der Waals surface area contributed by atoms with E-state index in [1.54, 1.807) is 13.8 Å². The summed E-state index contributed by atoms with van der Waals surface area (Å²) >= 11 is 1.53. The first-order chi connectivity index (χ1) is 8.83. The van der Waals surface area contributed by atoms with Crippen LogP contribution in [0.3, 0.4) is 0 Å². The molecule has 0 bridgehead atoms. The first-order valence-corrected chi connectivity index (χ1v) is 6.48. The molecule has 0 aromatic carbocycles. The van der Waals surface area contributed by atoms with Crippen molar-refractivity contribution in [2.45, 2.75) is 26.3 Å². The molecule has 7 nitrogen and oxygen atoms in total. The van der Waals surface area contributed by atoms with Crippen LogP contribution in [0.15, 0.2) is 6.07 Å². The average molecular weight is 280 g/mol. The lowest BCUT2D eigenvalue weighted by Gasteiger charge is -2.23. The number of rotatable bonds is 4. The van der Waals surface area contributed by atoms with Crippen LogP contribution in [0.2, 0.25) is 0 Å². The second-order valence-corrected chi connectivity index (χ2v) is 5.97. The molecule has 8 heteroatoms. The summed E-state index contributed by atoms with van der Waals surface area (Å²) in [6.45, 7) is 5.36. The van der Waals surface area contributed by atoms with Gasteiger partial charge in [0.15, 0.2) is 0 Å². The van der Waals surface area contributed by atoms with E-state index in [2.05, 4.69) is 20.7 Å². The number of carbonyl (C=O) groups excluding carboxylic acids is 1. The Morgan fingerprint density at radius 3 is 2.68 bits per heavy atom. The van der Waals surface area contributed by atoms with Gasteiger partial charge in [0, 0.05) is 4.88 Å². The highest BCUT2D eigenvalue weighted by Gasteiger charge is 2.26. The molecule has 19 heavy (non-hydrogen) atoms. The number of amides is 1. The van der Waals surface area contributed by atoms with Gasteiger partial charge in [0.1, 0.15) is 16.2 Å². The molecule has 6 N–H and O–H groups in total. The maximum atomic E-state index is 11.4. The van der Waals surface area contributed by atoms with Crippen LogP contribution in [0.5, 0.6) is 0 Å². The maximum Gasteiger partial charge on any atom is 0.242 e. The molecule has 0 saturated carbocycles. The molecule has 102 valence electrons. The maximum absolute atomic E-state index is 11.4. The van der Waals surface area contributed by atoms with Crippen LogP contribution in [0.4, 0.5) is 11.8 Å². The van der Waals surface area contributed by atoms with Gasteiger partial charge >= 0.3 is 0 Å². The van der Waals surface area contributed by atoms with Crippen molar-refractivity contribution in [2.24, 2.45) is 11.6 Å². The molecule has 2 rings (SSSR count). The number of carbonyl (C=O) groups is 1. The van der Waals surface area contributed by atoms with Gasteiger partial charge in [-0.15, -0.1) is 11.3 Å². The van der Waals surface area contributed by atoms with Crippen molar-refractivity contribution in [3.63, 3.8) is 0 Å². The van der Waals surface area contributed by atoms with Gasteiger partial charge < -0.3 is 11.1 Å². The lowest BCUT2D eigenvalue weighted by atomic mass is 10.1. The van der Waals surface area contributed by atoms with Crippen molar-refractivity contribution in [3.8, 4) is 0 Å². The summed E-state index contributed by atoms with van der Waals surface area (Å²) in [5.41, 5.74) is 6.85. The summed E-state index contributed by atoms with van der Waals surface area (Å²) in [4.78, 5) is 21.8. The van der Waals surface area contributed by atoms with Crippen LogP contribution in [0.1, 0.15) is 18.7 Å². The standard InChI is InChI=1S/C11H16N6OS/c1-5-4-6-7(16-11(2,3)9(12)18)14-10(17-13)15-8(6)19-5/h4H,13H2,1-3H3,(H2,12,18)(H2,14,15,16,17). The van der Waals surface area contributed by atoms with E-state index in [-0.39, 0.29) is 5.95 Å². The lowest BCUT2D eigenvalue weighted by molar-refractivity contribution is -0.121. The number of nitrogens with one attached hydrogen (secondary N) is 2. The Kier molecular flexibility index (Phi) is 3.29. The monoisotopic (exact) mass is 280 g/mol. The predicted molar refractivity (Wildman–Crippen MR) is 76.9 cm³/mol. The molecule has 0 fully saturated rings. The zero-order valence-electron chi connectivity index (χ0n) is 10.9. The molecule has 0 aliphatic heterocycles. The number of aromatic nitrogens is 2. The number of aryl methyl sites for hydroxylation is 1. The average Bonchev–Trinajstić information content (AvgIpc) is 2.69. The summed E-state index contributed by atoms with van der Waals surface area (Å²) in [7, 11) is 0. The van der Waals surface area contributed by atoms with E-state index >= 15 is 0 Å². The topological polar surface area (TPSA) is 119 Å². The van der Waals surface area contributed by atoms with E-state index < -0.39 is 11.4 Å². The van der Waals surface area contributed by atoms with Crippen LogP contribution >= 0.6 is 11.3 Å². The number of nitrogens with two attached hydrogens (primary N) is 2. The van der Waals surface area contributed by atoms with E-state index in [0.717, 1.165) is 15.1 Å². The summed E-state index contributed by atoms with van der Waals surface area (Å²) < 4.78 is 0. The number of anilines is 2. The third kappa shape index (κ3) is 2.59. The van der Waals surface area contributed by atoms with Crippen LogP contribution in [-0.2, 0) is 4.79 Å². The fraction of sp³-hybridized carbons (Fsp3) is 0.364. The van der Waals surface area contributed by atoms with Crippen molar-refractivity contribution < 1.29 is 4.79 Å². The number of nitrogen functional groups attached to an aromatic ring is 1. The smallest absolute Gasteiger partial charge is 0.242 e. The number of nitrogens with zero attached hydrogens (tertiary/aromatic N) is 2. The van der Waals surface area contributed by atoms with E-state index in [1.807, 2.05) is 13.0 Å². The lowest BCUT2D eigenvalue weighted by Crippen LogP contribution is -2.45. The fourth-order valence-corrected chi connectivity index (χ4v) is 2.44. The van der Waals surface area contributed by atoms with E-state index in [9.17, 15) is 4.79 Å². The van der Waals surface area contributed by atoms with Gasteiger partial charge in [-0.1, -0.05) is 0 Å². The van der Waals surface area contributed by atoms with E-state index in [4.69, 9.17) is 11.6 Å². The van der Waals surface area contributed by atoms with E-state index in [0.29, 0.717) is 5.82 Å². The van der Waals surface area contributed by atoms with Crippen molar-refractivity contribution >= 4 is 39.2 Å². The Morgan fingerprint density at radius 1 is 1.42 bits per heavy atom. The predicted octanol–water partition coefficient (Wildman–Crippen LogP) is 0.961. The number of hydrazine groups is 1. The molecule has 0 spiro atoms. The molecule has 2 heterocycles. The molecule has 0 aliphatic rings. The van der Waals surface area contributed by atoms with Gasteiger partial charge in [0.25, 0.3) is 0 Å². The molecule has 0 atom stereocenters. The van der Waals surface area contributed by atoms with Crippen LogP contribution < -0.4 is 22.3 Å². The zero-order valence-corrected chi connectivity index (χ0v) is 11.8. The molecule has 2 aromatic rings. The Morgan fingerprint density at radius 2 is 2.11 bits per heavy atom. The summed E-state index contributed by atoms with van der Waals surface area (Å²) in [6, 6.07) is 1.96. The fourth-order valence-electron chi connectivity index (χ4n) is 1.56. The molecule has 2 aromatic heterocycles. The Hall–Kier alpha value is -1.93. The highest BCUT2D eigenvalue weighted by atomic mass is 32.1. The molecule has 0 aliphatic carbocycles. The van der Waals surface area contributed by atoms with Gasteiger partial charge in [0.05, 0.1) is 5.39 Å². The minimum atomic E-state index is -0.914. The van der Waals surface area contributed by atoms with Gasteiger partial charge in [-0.2, -0.15) is 4.98 Å². The second kappa shape index (κ2) is 4.63. The van der Waals surface area contributed by atoms with Crippen LogP contribution in [-0.4, -0.2) is 21.4 Å². The van der Waals surface area contributed by atoms with Crippen molar-refractivity contribution in [2.75, 3.05) is 10.7 Å². The van der Waals surface area contributed by atoms with Crippen LogP contribution in [0.25, 0.3) is 10.2 Å². The highest BCUT2D eigenvalue weighted by Crippen LogP contribution is 2.30. The summed E-state index contributed by atoms with van der Waals surface area (Å²) in [5.74, 6) is 5.71. The number of thiophene rings is 1. The van der Waals surface area contributed by atoms with Crippen molar-refractivity contribution in [1.29, 1.82) is 0 Å². The third-order valence-electron chi connectivity index (χ3n) is 2.69. The molecular formula is C11H16N6OS. The molecule has 0 radical (unpaired) electrons. The van der Waals surface area contributed by atoms with Crippen molar-refractivity contribution in [3.05, 3.63) is 10.9 Å². The first kappa shape index (κ1) is 13.5. The Labute approximate surface area is 114 Å². The second-order valence-electron chi connectivity index (χ2n) is 4.73. The third-order valence-corrected chi connectivity index (χ3v) is 3.64. The first-order valence-electron chi connectivity index (χ1n) is 5.66. The van der Waals surface area contributed by atoms with Crippen molar-refractivity contribution in [1.82, 2.24) is 9.97 Å². The summed E-state index contributed by atoms with van der Waals surface area (Å²) in [6.07, 6.45) is 0. The SMILES string of the molecule is Cc1cc2c(NC(C)(C)C(N)=O)nc(NN)nc2s1. The minimum absolute atomic E-state index is 0.289. The number of hydrogen-bond donors (Lipinski definition) is 4. The molecule has 0 saturated heterocycles. The number of fused-ring (bicyclic) bond motifs is 1. The molecule has 1 amide bonds. The molecular weight excluding hydrogens is 264 g/mol. The minimum Gasteiger partial charge on any atom is -0.368 e. The molecule has 0 unspecified atom stereocenters. The highest BCUT2D eigenvalue weighted by molar-refractivity contribution is 7.18. The van der Waals surface area contributed by atoms with Gasteiger partial charge in [-0.3, -0.25) is 10.2 Å². The van der Waals surface area contributed by atoms with Gasteiger partial charge in [-0.25, -0.2) is 10.8 Å². The quantitative estimate of drug-likeness (QED) is 0.489. The Bertz CT molecular complexity index is 635. The number of hydrogen-bond acceptors (Lipinski definition) is 7. The Balaban J connectivity index is 2.54. The van der Waals surface area contributed by atoms with Gasteiger partial charge in [-0.05, 0) is 26.8 Å². The zero-order chi connectivity index (χ0) is 14.2. The van der Waals surface area contributed by atoms with E-state index in [1.165, 1.54) is 11.3 Å². The normalized spacial score (nSPS) is 11.6. The van der Waals surface area contributed by atoms with Crippen LogP contribution in [0, 0.1) is 6.92 Å². The van der Waals surface area contributed by atoms with Gasteiger partial charge in [0.2, 0.25) is 11.9 Å². The summed E-state index contributed by atoms with van der Waals surface area (Å²) in [5, 5.41) is 3.88.